The third-order valence-electron chi connectivity index (χ3n) is 2.35. The molecule has 2 aromatic heterocycles. The first kappa shape index (κ1) is 13.2. The lowest BCUT2D eigenvalue weighted by Gasteiger charge is -2.08. The lowest BCUT2D eigenvalue weighted by atomic mass is 10.3. The second-order valence-corrected chi connectivity index (χ2v) is 4.04. The number of hydrogen-bond acceptors (Lipinski definition) is 5. The van der Waals surface area contributed by atoms with Crippen LogP contribution in [-0.4, -0.2) is 14.5 Å². The Labute approximate surface area is 110 Å². The Morgan fingerprint density at radius 2 is 2.21 bits per heavy atom. The number of halogens is 2. The predicted octanol–water partition coefficient (Wildman–Crippen LogP) is 0.0580. The summed E-state index contributed by atoms with van der Waals surface area (Å²) in [5.74, 6) is 4.48. The van der Waals surface area contributed by atoms with E-state index < -0.39 is 17.1 Å². The zero-order valence-electron chi connectivity index (χ0n) is 9.48. The Kier molecular flexibility index (Phi) is 3.63. The van der Waals surface area contributed by atoms with E-state index in [9.17, 15) is 14.0 Å². The van der Waals surface area contributed by atoms with Crippen LogP contribution < -0.4 is 22.5 Å². The smallest absolute Gasteiger partial charge is 0.308 e. The van der Waals surface area contributed by atoms with Crippen LogP contribution >= 0.6 is 11.6 Å². The van der Waals surface area contributed by atoms with Crippen LogP contribution in [0.3, 0.4) is 0 Å². The van der Waals surface area contributed by atoms with Crippen molar-refractivity contribution < 1.29 is 4.39 Å². The number of nitrogens with one attached hydrogen (secondary N) is 2. The molecule has 2 rings (SSSR count). The van der Waals surface area contributed by atoms with Crippen LogP contribution in [0.2, 0.25) is 5.02 Å². The molecule has 0 saturated heterocycles. The van der Waals surface area contributed by atoms with Crippen molar-refractivity contribution >= 4 is 17.4 Å². The first-order valence-corrected chi connectivity index (χ1v) is 5.50. The molecule has 0 aromatic carbocycles. The zero-order chi connectivity index (χ0) is 14.0. The van der Waals surface area contributed by atoms with Gasteiger partial charge < -0.3 is 5.43 Å². The number of aromatic nitrogens is 3. The van der Waals surface area contributed by atoms with E-state index in [-0.39, 0.29) is 11.6 Å². The molecule has 4 N–H and O–H groups in total. The van der Waals surface area contributed by atoms with Crippen molar-refractivity contribution in [2.45, 2.75) is 6.54 Å². The normalized spacial score (nSPS) is 10.5. The monoisotopic (exact) mass is 285 g/mol. The van der Waals surface area contributed by atoms with E-state index in [1.54, 1.807) is 6.07 Å². The highest BCUT2D eigenvalue weighted by atomic mass is 35.5. The summed E-state index contributed by atoms with van der Waals surface area (Å²) in [6, 6.07) is 3.08. The zero-order valence-corrected chi connectivity index (χ0v) is 10.2. The number of H-pyrrole nitrogens is 1. The van der Waals surface area contributed by atoms with Gasteiger partial charge in [0.15, 0.2) is 0 Å². The molecule has 0 unspecified atom stereocenters. The summed E-state index contributed by atoms with van der Waals surface area (Å²) >= 11 is 5.91. The van der Waals surface area contributed by atoms with Crippen molar-refractivity contribution in [2.75, 3.05) is 5.43 Å². The topological polar surface area (TPSA) is 106 Å². The SMILES string of the molecule is NNc1ccc(Cl)c(Cn2cc(F)c(=O)[nH]c2=O)n1. The molecule has 0 atom stereocenters. The second-order valence-electron chi connectivity index (χ2n) is 3.63. The number of hydrogen-bond donors (Lipinski definition) is 3. The highest BCUT2D eigenvalue weighted by Crippen LogP contribution is 2.16. The van der Waals surface area contributed by atoms with E-state index in [1.165, 1.54) is 6.07 Å². The Balaban J connectivity index is 2.44. The average molecular weight is 286 g/mol. The van der Waals surface area contributed by atoms with Gasteiger partial charge in [-0.15, -0.1) is 0 Å². The molecule has 0 aliphatic rings. The van der Waals surface area contributed by atoms with Crippen molar-refractivity contribution in [3.63, 3.8) is 0 Å². The van der Waals surface area contributed by atoms with E-state index >= 15 is 0 Å². The van der Waals surface area contributed by atoms with Gasteiger partial charge in [0.1, 0.15) is 5.82 Å². The van der Waals surface area contributed by atoms with Gasteiger partial charge in [-0.1, -0.05) is 11.6 Å². The van der Waals surface area contributed by atoms with Gasteiger partial charge in [0, 0.05) is 0 Å². The van der Waals surface area contributed by atoms with Gasteiger partial charge in [-0.2, -0.15) is 4.39 Å². The van der Waals surface area contributed by atoms with Crippen LogP contribution in [0.4, 0.5) is 10.2 Å². The maximum Gasteiger partial charge on any atom is 0.328 e. The quantitative estimate of drug-likeness (QED) is 0.546. The molecule has 0 saturated carbocycles. The molecule has 0 fully saturated rings. The Hall–Kier alpha value is -2.19. The summed E-state index contributed by atoms with van der Waals surface area (Å²) in [5, 5.41) is 0.289. The largest absolute Gasteiger partial charge is 0.328 e. The van der Waals surface area contributed by atoms with Crippen LogP contribution in [0.25, 0.3) is 0 Å². The van der Waals surface area contributed by atoms with Gasteiger partial charge in [-0.05, 0) is 12.1 Å². The fourth-order valence-corrected chi connectivity index (χ4v) is 1.60. The minimum atomic E-state index is -1.07. The molecule has 0 aliphatic carbocycles. The average Bonchev–Trinajstić information content (AvgIpc) is 2.38. The number of pyridine rings is 1. The van der Waals surface area contributed by atoms with E-state index in [0.717, 1.165) is 10.8 Å². The van der Waals surface area contributed by atoms with E-state index in [2.05, 4.69) is 10.4 Å². The predicted molar refractivity (Wildman–Crippen MR) is 67.4 cm³/mol. The van der Waals surface area contributed by atoms with E-state index in [0.29, 0.717) is 11.5 Å². The number of hydrazine groups is 1. The van der Waals surface area contributed by atoms with Crippen LogP contribution in [0.15, 0.2) is 27.9 Å². The third-order valence-corrected chi connectivity index (χ3v) is 2.70. The molecular weight excluding hydrogens is 277 g/mol. The number of rotatable bonds is 3. The number of nitrogens with two attached hydrogens (primary N) is 1. The maximum atomic E-state index is 13.1. The molecule has 9 heteroatoms. The lowest BCUT2D eigenvalue weighted by molar-refractivity contribution is 0.564. The maximum absolute atomic E-state index is 13.1. The lowest BCUT2D eigenvalue weighted by Crippen LogP contribution is -2.31. The molecule has 0 bridgehead atoms. The van der Waals surface area contributed by atoms with Crippen molar-refractivity contribution in [1.82, 2.24) is 14.5 Å². The van der Waals surface area contributed by atoms with Crippen molar-refractivity contribution in [3.05, 3.63) is 55.7 Å². The Morgan fingerprint density at radius 3 is 2.89 bits per heavy atom. The number of nitrogen functional groups attached to an aromatic ring is 1. The highest BCUT2D eigenvalue weighted by molar-refractivity contribution is 6.31. The second kappa shape index (κ2) is 5.21. The molecule has 19 heavy (non-hydrogen) atoms. The highest BCUT2D eigenvalue weighted by Gasteiger charge is 2.08. The summed E-state index contributed by atoms with van der Waals surface area (Å²) < 4.78 is 14.1. The molecule has 100 valence electrons. The summed E-state index contributed by atoms with van der Waals surface area (Å²) in [4.78, 5) is 28.3. The summed E-state index contributed by atoms with van der Waals surface area (Å²) in [5.41, 5.74) is 0.811. The number of nitrogens with zero attached hydrogens (tertiary/aromatic N) is 2. The van der Waals surface area contributed by atoms with Crippen molar-refractivity contribution in [1.29, 1.82) is 0 Å². The third kappa shape index (κ3) is 2.80. The van der Waals surface area contributed by atoms with Gasteiger partial charge in [0.05, 0.1) is 23.5 Å². The van der Waals surface area contributed by atoms with Crippen LogP contribution in [0, 0.1) is 5.82 Å². The van der Waals surface area contributed by atoms with Crippen LogP contribution in [0.5, 0.6) is 0 Å². The summed E-state index contributed by atoms with van der Waals surface area (Å²) in [6.45, 7) is -0.0963. The molecule has 2 aromatic rings. The van der Waals surface area contributed by atoms with Gasteiger partial charge in [-0.3, -0.25) is 14.3 Å². The fourth-order valence-electron chi connectivity index (χ4n) is 1.44. The van der Waals surface area contributed by atoms with Crippen molar-refractivity contribution in [2.24, 2.45) is 5.84 Å². The standard InChI is InChI=1S/C10H9ClFN5O2/c11-5-1-2-8(16-13)14-7(5)4-17-3-6(12)9(18)15-10(17)19/h1-3H,4,13H2,(H,14,16)(H,15,18,19). The number of aromatic amines is 1. The number of anilines is 1. The fraction of sp³-hybridized carbons (Fsp3) is 0.100. The van der Waals surface area contributed by atoms with Gasteiger partial charge in [0.25, 0.3) is 5.56 Å². The van der Waals surface area contributed by atoms with E-state index in [1.807, 2.05) is 4.98 Å². The molecular formula is C10H9ClFN5O2. The molecule has 7 nitrogen and oxygen atoms in total. The first-order chi connectivity index (χ1) is 9.01. The molecule has 0 radical (unpaired) electrons. The van der Waals surface area contributed by atoms with Gasteiger partial charge >= 0.3 is 5.69 Å². The van der Waals surface area contributed by atoms with Gasteiger partial charge in [0.2, 0.25) is 5.82 Å². The molecule has 0 amide bonds. The van der Waals surface area contributed by atoms with Gasteiger partial charge in [-0.25, -0.2) is 15.6 Å². The summed E-state index contributed by atoms with van der Waals surface area (Å²) in [7, 11) is 0. The Bertz CT molecular complexity index is 727. The van der Waals surface area contributed by atoms with Crippen LogP contribution in [-0.2, 0) is 6.54 Å². The summed E-state index contributed by atoms with van der Waals surface area (Å²) in [6.07, 6.45) is 0.793. The first-order valence-electron chi connectivity index (χ1n) is 5.12. The van der Waals surface area contributed by atoms with Crippen molar-refractivity contribution in [3.8, 4) is 0 Å². The molecule has 0 spiro atoms. The Morgan fingerprint density at radius 1 is 1.47 bits per heavy atom. The minimum Gasteiger partial charge on any atom is -0.308 e. The molecule has 0 aliphatic heterocycles. The van der Waals surface area contributed by atoms with E-state index in [4.69, 9.17) is 17.4 Å². The van der Waals surface area contributed by atoms with Crippen LogP contribution in [0.1, 0.15) is 5.69 Å². The minimum absolute atomic E-state index is 0.0963. The molecule has 2 heterocycles.